The molecular formula is C24H31N5O6S. The van der Waals surface area contributed by atoms with Crippen LogP contribution in [0.15, 0.2) is 52.3 Å². The molecule has 0 spiro atoms. The van der Waals surface area contributed by atoms with Crippen molar-refractivity contribution in [2.24, 2.45) is 5.92 Å². The van der Waals surface area contributed by atoms with Gasteiger partial charge in [-0.3, -0.25) is 9.59 Å². The number of sulfonamides is 1. The van der Waals surface area contributed by atoms with Gasteiger partial charge in [-0.1, -0.05) is 32.0 Å². The second-order valence-corrected chi connectivity index (χ2v) is 11.2. The fourth-order valence-electron chi connectivity index (χ4n) is 4.32. The molecule has 3 atom stereocenters. The van der Waals surface area contributed by atoms with Crippen molar-refractivity contribution in [1.29, 1.82) is 0 Å². The number of hydrogen-bond donors (Lipinski definition) is 4. The second-order valence-electron chi connectivity index (χ2n) is 9.39. The average Bonchev–Trinajstić information content (AvgIpc) is 3.49. The van der Waals surface area contributed by atoms with Crippen molar-refractivity contribution < 1.29 is 27.5 Å². The van der Waals surface area contributed by atoms with E-state index in [1.165, 1.54) is 12.4 Å². The van der Waals surface area contributed by atoms with Gasteiger partial charge in [0.15, 0.2) is 5.76 Å². The fourth-order valence-corrected chi connectivity index (χ4v) is 5.69. The van der Waals surface area contributed by atoms with Gasteiger partial charge in [0.25, 0.3) is 15.9 Å². The number of para-hydroxylation sites is 1. The van der Waals surface area contributed by atoms with Gasteiger partial charge >= 0.3 is 0 Å². The molecule has 4 rings (SSSR count). The standard InChI is InChI=1S/C24H31N5O6S/c1-15(2)12-18(28-23(32)21-13-16-6-3-4-8-20(16)35-21)22(31)27-17-7-5-11-29(14-19(17)30)36(33,34)24-25-9-10-26-24/h3-4,6,8-10,13,15,17-19,30H,5,7,11-12,14H2,1-2H3,(H,25,26)(H,27,31)(H,28,32)/t17?,18-,19?/m0/s1. The van der Waals surface area contributed by atoms with Crippen LogP contribution in [0.25, 0.3) is 11.0 Å². The monoisotopic (exact) mass is 517 g/mol. The fraction of sp³-hybridized carbons (Fsp3) is 0.458. The van der Waals surface area contributed by atoms with Crippen molar-refractivity contribution >= 4 is 32.8 Å². The molecule has 1 aliphatic heterocycles. The van der Waals surface area contributed by atoms with Crippen LogP contribution in [0.1, 0.15) is 43.7 Å². The maximum Gasteiger partial charge on any atom is 0.287 e. The van der Waals surface area contributed by atoms with Crippen molar-refractivity contribution in [3.63, 3.8) is 0 Å². The van der Waals surface area contributed by atoms with E-state index in [0.717, 1.165) is 9.69 Å². The molecular weight excluding hydrogens is 486 g/mol. The number of imidazole rings is 1. The number of amides is 2. The Labute approximate surface area is 209 Å². The first-order chi connectivity index (χ1) is 17.1. The Morgan fingerprint density at radius 1 is 1.31 bits per heavy atom. The first kappa shape index (κ1) is 25.9. The molecule has 11 nitrogen and oxygen atoms in total. The summed E-state index contributed by atoms with van der Waals surface area (Å²) in [6.07, 6.45) is 2.81. The number of nitrogens with zero attached hydrogens (tertiary/aromatic N) is 2. The van der Waals surface area contributed by atoms with Gasteiger partial charge in [0.2, 0.25) is 11.1 Å². The van der Waals surface area contributed by atoms with Gasteiger partial charge in [0, 0.05) is 30.9 Å². The zero-order valence-corrected chi connectivity index (χ0v) is 21.0. The molecule has 0 radical (unpaired) electrons. The largest absolute Gasteiger partial charge is 0.451 e. The van der Waals surface area contributed by atoms with Crippen LogP contribution >= 0.6 is 0 Å². The topological polar surface area (TPSA) is 158 Å². The molecule has 4 N–H and O–H groups in total. The Bertz CT molecular complexity index is 1270. The number of aliphatic hydroxyl groups is 1. The molecule has 36 heavy (non-hydrogen) atoms. The summed E-state index contributed by atoms with van der Waals surface area (Å²) in [5, 5.41) is 16.9. The van der Waals surface area contributed by atoms with Crippen LogP contribution < -0.4 is 10.6 Å². The van der Waals surface area contributed by atoms with Crippen molar-refractivity contribution in [1.82, 2.24) is 24.9 Å². The number of carbonyl (C=O) groups is 2. The summed E-state index contributed by atoms with van der Waals surface area (Å²) < 4.78 is 32.4. The van der Waals surface area contributed by atoms with Crippen molar-refractivity contribution in [2.75, 3.05) is 13.1 Å². The normalized spacial score (nSPS) is 20.2. The summed E-state index contributed by atoms with van der Waals surface area (Å²) in [5.74, 6) is -0.751. The van der Waals surface area contributed by atoms with E-state index >= 15 is 0 Å². The molecule has 0 bridgehead atoms. The highest BCUT2D eigenvalue weighted by Crippen LogP contribution is 2.21. The Morgan fingerprint density at radius 2 is 2.08 bits per heavy atom. The van der Waals surface area contributed by atoms with E-state index in [1.807, 2.05) is 32.0 Å². The summed E-state index contributed by atoms with van der Waals surface area (Å²) >= 11 is 0. The lowest BCUT2D eigenvalue weighted by atomic mass is 10.0. The minimum Gasteiger partial charge on any atom is -0.451 e. The first-order valence-electron chi connectivity index (χ1n) is 11.9. The van der Waals surface area contributed by atoms with Gasteiger partial charge in [-0.25, -0.2) is 13.4 Å². The number of furan rings is 1. The van der Waals surface area contributed by atoms with Gasteiger partial charge in [0.1, 0.15) is 11.6 Å². The predicted molar refractivity (Wildman–Crippen MR) is 131 cm³/mol. The number of nitrogens with one attached hydrogen (secondary N) is 3. The SMILES string of the molecule is CC(C)C[C@H](NC(=O)c1cc2ccccc2o1)C(=O)NC1CCCN(S(=O)(=O)c2ncc[nH]2)CC1O. The number of aliphatic hydroxyl groups excluding tert-OH is 1. The van der Waals surface area contributed by atoms with E-state index in [1.54, 1.807) is 12.1 Å². The number of fused-ring (bicyclic) bond motifs is 1. The molecule has 1 saturated heterocycles. The summed E-state index contributed by atoms with van der Waals surface area (Å²) in [4.78, 5) is 32.5. The van der Waals surface area contributed by atoms with Gasteiger partial charge in [-0.15, -0.1) is 0 Å². The van der Waals surface area contributed by atoms with Gasteiger partial charge in [-0.05, 0) is 37.3 Å². The van der Waals surface area contributed by atoms with E-state index in [4.69, 9.17) is 4.42 Å². The molecule has 2 amide bonds. The Kier molecular flexibility index (Phi) is 7.76. The van der Waals surface area contributed by atoms with E-state index < -0.39 is 40.0 Å². The van der Waals surface area contributed by atoms with E-state index in [-0.39, 0.29) is 29.9 Å². The first-order valence-corrected chi connectivity index (χ1v) is 13.4. The Hall–Kier alpha value is -3.22. The van der Waals surface area contributed by atoms with Crippen molar-refractivity contribution in [2.45, 2.75) is 56.5 Å². The number of aromatic nitrogens is 2. The number of H-pyrrole nitrogens is 1. The summed E-state index contributed by atoms with van der Waals surface area (Å²) in [7, 11) is -3.89. The third kappa shape index (κ3) is 5.77. The minimum atomic E-state index is -3.89. The second kappa shape index (κ2) is 10.8. The van der Waals surface area contributed by atoms with Gasteiger partial charge in [0.05, 0.1) is 12.1 Å². The lowest BCUT2D eigenvalue weighted by molar-refractivity contribution is -0.125. The third-order valence-electron chi connectivity index (χ3n) is 6.14. The van der Waals surface area contributed by atoms with Crippen LogP contribution in [0.3, 0.4) is 0 Å². The number of benzene rings is 1. The maximum absolute atomic E-state index is 13.2. The van der Waals surface area contributed by atoms with Crippen LogP contribution in [0.4, 0.5) is 0 Å². The molecule has 1 fully saturated rings. The molecule has 2 aromatic heterocycles. The van der Waals surface area contributed by atoms with Crippen molar-refractivity contribution in [3.05, 3.63) is 48.5 Å². The number of hydrogen-bond acceptors (Lipinski definition) is 7. The molecule has 0 saturated carbocycles. The highest BCUT2D eigenvalue weighted by Gasteiger charge is 2.35. The summed E-state index contributed by atoms with van der Waals surface area (Å²) in [6.45, 7) is 3.87. The number of rotatable bonds is 8. The molecule has 2 unspecified atom stereocenters. The van der Waals surface area contributed by atoms with Crippen LogP contribution in [-0.2, 0) is 14.8 Å². The van der Waals surface area contributed by atoms with Gasteiger partial charge < -0.3 is 25.1 Å². The smallest absolute Gasteiger partial charge is 0.287 e. The predicted octanol–water partition coefficient (Wildman–Crippen LogP) is 1.63. The summed E-state index contributed by atoms with van der Waals surface area (Å²) in [5.41, 5.74) is 0.572. The summed E-state index contributed by atoms with van der Waals surface area (Å²) in [6, 6.07) is 7.33. The van der Waals surface area contributed by atoms with Crippen molar-refractivity contribution in [3.8, 4) is 0 Å². The third-order valence-corrected chi connectivity index (χ3v) is 7.86. The minimum absolute atomic E-state index is 0.102. The maximum atomic E-state index is 13.2. The van der Waals surface area contributed by atoms with E-state index in [2.05, 4.69) is 20.6 Å². The number of carbonyl (C=O) groups excluding carboxylic acids is 2. The highest BCUT2D eigenvalue weighted by atomic mass is 32.2. The molecule has 0 aliphatic carbocycles. The molecule has 194 valence electrons. The van der Waals surface area contributed by atoms with Crippen LogP contribution in [0, 0.1) is 5.92 Å². The van der Waals surface area contributed by atoms with E-state index in [0.29, 0.717) is 24.8 Å². The van der Waals surface area contributed by atoms with Crippen LogP contribution in [0.5, 0.6) is 0 Å². The van der Waals surface area contributed by atoms with Crippen LogP contribution in [-0.4, -0.2) is 70.9 Å². The zero-order valence-electron chi connectivity index (χ0n) is 20.2. The average molecular weight is 518 g/mol. The molecule has 12 heteroatoms. The van der Waals surface area contributed by atoms with Gasteiger partial charge in [-0.2, -0.15) is 4.31 Å². The van der Waals surface area contributed by atoms with Crippen LogP contribution in [0.2, 0.25) is 0 Å². The lowest BCUT2D eigenvalue weighted by Gasteiger charge is -2.27. The number of β-amino-alcohol motifs (C(OH)–C–C–N with tert-alkyl or cyclic N) is 1. The quantitative estimate of drug-likeness (QED) is 0.354. The molecule has 3 aromatic rings. The molecule has 3 heterocycles. The molecule has 1 aliphatic rings. The zero-order chi connectivity index (χ0) is 25.9. The number of aromatic amines is 1. The molecule has 1 aromatic carbocycles. The lowest BCUT2D eigenvalue weighted by Crippen LogP contribution is -2.54. The van der Waals surface area contributed by atoms with E-state index in [9.17, 15) is 23.1 Å². The highest BCUT2D eigenvalue weighted by molar-refractivity contribution is 7.88. The Morgan fingerprint density at radius 3 is 2.78 bits per heavy atom. The Balaban J connectivity index is 1.43.